The van der Waals surface area contributed by atoms with Gasteiger partial charge in [-0.2, -0.15) is 0 Å². The van der Waals surface area contributed by atoms with Crippen molar-refractivity contribution in [3.8, 4) is 0 Å². The van der Waals surface area contributed by atoms with E-state index in [1.54, 1.807) is 0 Å². The fraction of sp³-hybridized carbons (Fsp3) is 1.00. The van der Waals surface area contributed by atoms with Crippen LogP contribution in [0.15, 0.2) is 0 Å². The fourth-order valence-electron chi connectivity index (χ4n) is 4.03. The van der Waals surface area contributed by atoms with Gasteiger partial charge in [-0.15, -0.1) is 0 Å². The van der Waals surface area contributed by atoms with Crippen molar-refractivity contribution < 1.29 is 0 Å². The lowest BCUT2D eigenvalue weighted by Crippen LogP contribution is -2.44. The van der Waals surface area contributed by atoms with Crippen LogP contribution in [0.25, 0.3) is 0 Å². The molecule has 112 valence electrons. The third kappa shape index (κ3) is 5.07. The van der Waals surface area contributed by atoms with Gasteiger partial charge in [0.2, 0.25) is 0 Å². The predicted octanol–water partition coefficient (Wildman–Crippen LogP) is 3.80. The molecule has 1 saturated carbocycles. The lowest BCUT2D eigenvalue weighted by molar-refractivity contribution is 0.124. The highest BCUT2D eigenvalue weighted by molar-refractivity contribution is 4.82. The highest BCUT2D eigenvalue weighted by atomic mass is 15.1. The summed E-state index contributed by atoms with van der Waals surface area (Å²) in [6, 6.07) is 0.481. The summed E-state index contributed by atoms with van der Waals surface area (Å²) in [6.45, 7) is 6.27. The first kappa shape index (κ1) is 15.3. The quantitative estimate of drug-likeness (QED) is 0.741. The molecule has 0 aromatic rings. The maximum atomic E-state index is 6.30. The third-order valence-corrected chi connectivity index (χ3v) is 5.28. The number of rotatable bonds is 6. The van der Waals surface area contributed by atoms with Crippen LogP contribution in [0.4, 0.5) is 0 Å². The van der Waals surface area contributed by atoms with Crippen LogP contribution >= 0.6 is 0 Å². The summed E-state index contributed by atoms with van der Waals surface area (Å²) in [5.74, 6) is 1.75. The first-order valence-electron chi connectivity index (χ1n) is 8.77. The van der Waals surface area contributed by atoms with Crippen molar-refractivity contribution in [1.29, 1.82) is 0 Å². The van der Waals surface area contributed by atoms with Crippen LogP contribution in [0.3, 0.4) is 0 Å². The SMILES string of the molecule is CCCCC[C@H]1CCCN(CC2CCCCC2N)C1. The van der Waals surface area contributed by atoms with Gasteiger partial charge < -0.3 is 10.6 Å². The maximum Gasteiger partial charge on any atom is 0.00793 e. The minimum Gasteiger partial charge on any atom is -0.327 e. The molecule has 0 aromatic heterocycles. The van der Waals surface area contributed by atoms with Crippen molar-refractivity contribution >= 4 is 0 Å². The van der Waals surface area contributed by atoms with E-state index in [1.165, 1.54) is 83.8 Å². The number of nitrogens with zero attached hydrogens (tertiary/aromatic N) is 1. The molecule has 2 rings (SSSR count). The predicted molar refractivity (Wildman–Crippen MR) is 83.2 cm³/mol. The van der Waals surface area contributed by atoms with Crippen molar-refractivity contribution in [3.63, 3.8) is 0 Å². The van der Waals surface area contributed by atoms with E-state index in [1.807, 2.05) is 0 Å². The van der Waals surface area contributed by atoms with E-state index in [-0.39, 0.29) is 0 Å². The number of piperidine rings is 1. The van der Waals surface area contributed by atoms with Crippen LogP contribution in [0.1, 0.15) is 71.1 Å². The van der Waals surface area contributed by atoms with E-state index >= 15 is 0 Å². The average Bonchev–Trinajstić information content (AvgIpc) is 2.42. The van der Waals surface area contributed by atoms with Gasteiger partial charge in [0.25, 0.3) is 0 Å². The van der Waals surface area contributed by atoms with Crippen molar-refractivity contribution in [2.45, 2.75) is 77.2 Å². The van der Waals surface area contributed by atoms with Crippen molar-refractivity contribution in [2.24, 2.45) is 17.6 Å². The highest BCUT2D eigenvalue weighted by Gasteiger charge is 2.26. The Hall–Kier alpha value is -0.0800. The van der Waals surface area contributed by atoms with E-state index < -0.39 is 0 Å². The molecule has 2 fully saturated rings. The van der Waals surface area contributed by atoms with Crippen molar-refractivity contribution in [2.75, 3.05) is 19.6 Å². The molecule has 0 radical (unpaired) electrons. The van der Waals surface area contributed by atoms with Crippen LogP contribution in [0, 0.1) is 11.8 Å². The largest absolute Gasteiger partial charge is 0.327 e. The van der Waals surface area contributed by atoms with Gasteiger partial charge in [-0.3, -0.25) is 0 Å². The van der Waals surface area contributed by atoms with E-state index in [4.69, 9.17) is 5.73 Å². The minimum absolute atomic E-state index is 0.481. The summed E-state index contributed by atoms with van der Waals surface area (Å²) in [5.41, 5.74) is 6.30. The van der Waals surface area contributed by atoms with Crippen LogP contribution in [0.5, 0.6) is 0 Å². The number of likely N-dealkylation sites (tertiary alicyclic amines) is 1. The molecule has 1 aliphatic heterocycles. The van der Waals surface area contributed by atoms with Gasteiger partial charge in [-0.1, -0.05) is 39.0 Å². The van der Waals surface area contributed by atoms with Crippen molar-refractivity contribution in [3.05, 3.63) is 0 Å². The average molecular weight is 266 g/mol. The molecule has 1 saturated heterocycles. The first-order chi connectivity index (χ1) is 9.29. The Morgan fingerprint density at radius 3 is 2.68 bits per heavy atom. The second kappa shape index (κ2) is 8.26. The van der Waals surface area contributed by atoms with Crippen LogP contribution in [-0.4, -0.2) is 30.6 Å². The molecule has 19 heavy (non-hydrogen) atoms. The monoisotopic (exact) mass is 266 g/mol. The molecule has 1 heterocycles. The molecule has 2 N–H and O–H groups in total. The van der Waals surface area contributed by atoms with Gasteiger partial charge in [0.05, 0.1) is 0 Å². The zero-order valence-corrected chi connectivity index (χ0v) is 12.9. The molecule has 0 aromatic carbocycles. The summed E-state index contributed by atoms with van der Waals surface area (Å²) in [5, 5.41) is 0. The molecule has 0 spiro atoms. The Balaban J connectivity index is 1.70. The van der Waals surface area contributed by atoms with Crippen LogP contribution in [0.2, 0.25) is 0 Å². The zero-order valence-electron chi connectivity index (χ0n) is 12.9. The summed E-state index contributed by atoms with van der Waals surface area (Å²) in [7, 11) is 0. The number of hydrogen-bond acceptors (Lipinski definition) is 2. The Morgan fingerprint density at radius 1 is 1.05 bits per heavy atom. The Bertz CT molecular complexity index is 241. The molecule has 0 bridgehead atoms. The van der Waals surface area contributed by atoms with E-state index in [9.17, 15) is 0 Å². The lowest BCUT2D eigenvalue weighted by Gasteiger charge is -2.38. The lowest BCUT2D eigenvalue weighted by atomic mass is 9.84. The molecule has 2 aliphatic rings. The number of hydrogen-bond donors (Lipinski definition) is 1. The zero-order chi connectivity index (χ0) is 13.5. The molecule has 0 amide bonds. The highest BCUT2D eigenvalue weighted by Crippen LogP contribution is 2.27. The fourth-order valence-corrected chi connectivity index (χ4v) is 4.03. The first-order valence-corrected chi connectivity index (χ1v) is 8.77. The van der Waals surface area contributed by atoms with Crippen molar-refractivity contribution in [1.82, 2.24) is 4.90 Å². The van der Waals surface area contributed by atoms with Gasteiger partial charge >= 0.3 is 0 Å². The van der Waals surface area contributed by atoms with Gasteiger partial charge in [-0.25, -0.2) is 0 Å². The van der Waals surface area contributed by atoms with Gasteiger partial charge in [0, 0.05) is 19.1 Å². The molecular formula is C17H34N2. The minimum atomic E-state index is 0.481. The molecule has 2 heteroatoms. The second-order valence-electron chi connectivity index (χ2n) is 6.97. The van der Waals surface area contributed by atoms with E-state index in [0.29, 0.717) is 6.04 Å². The summed E-state index contributed by atoms with van der Waals surface area (Å²) >= 11 is 0. The van der Waals surface area contributed by atoms with E-state index in [2.05, 4.69) is 11.8 Å². The van der Waals surface area contributed by atoms with E-state index in [0.717, 1.165) is 11.8 Å². The van der Waals surface area contributed by atoms with Crippen LogP contribution < -0.4 is 5.73 Å². The maximum absolute atomic E-state index is 6.30. The molecule has 2 nitrogen and oxygen atoms in total. The van der Waals surface area contributed by atoms with Gasteiger partial charge in [0.15, 0.2) is 0 Å². The molecular weight excluding hydrogens is 232 g/mol. The Kier molecular flexibility index (Phi) is 6.66. The summed E-state index contributed by atoms with van der Waals surface area (Å²) in [4.78, 5) is 2.73. The molecule has 3 atom stereocenters. The molecule has 2 unspecified atom stereocenters. The third-order valence-electron chi connectivity index (χ3n) is 5.28. The summed E-state index contributed by atoms with van der Waals surface area (Å²) < 4.78 is 0. The molecule has 1 aliphatic carbocycles. The topological polar surface area (TPSA) is 29.3 Å². The van der Waals surface area contributed by atoms with Crippen LogP contribution in [-0.2, 0) is 0 Å². The summed E-state index contributed by atoms with van der Waals surface area (Å²) in [6.07, 6.45) is 14.0. The Labute approximate surface area is 120 Å². The number of unbranched alkanes of at least 4 members (excludes halogenated alkanes) is 2. The number of nitrogens with two attached hydrogens (primary N) is 1. The second-order valence-corrected chi connectivity index (χ2v) is 6.97. The smallest absolute Gasteiger partial charge is 0.00793 e. The van der Waals surface area contributed by atoms with Gasteiger partial charge in [0.1, 0.15) is 0 Å². The standard InChI is InChI=1S/C17H34N2/c1-2-3-4-8-15-9-7-12-19(13-15)14-16-10-5-6-11-17(16)18/h15-17H,2-14,18H2,1H3/t15-,16?,17?/m0/s1. The van der Waals surface area contributed by atoms with Gasteiger partial charge in [-0.05, 0) is 50.5 Å². The Morgan fingerprint density at radius 2 is 1.89 bits per heavy atom. The normalized spacial score (nSPS) is 33.5.